The monoisotopic (exact) mass is 422 g/mol. The molecule has 1 N–H and O–H groups in total. The van der Waals surface area contributed by atoms with E-state index >= 15 is 0 Å². The van der Waals surface area contributed by atoms with E-state index in [2.05, 4.69) is 4.98 Å². The summed E-state index contributed by atoms with van der Waals surface area (Å²) in [4.78, 5) is 18.7. The number of thiocarbonyl (C=S) groups is 1. The Hall–Kier alpha value is -2.10. The average Bonchev–Trinajstić information content (AvgIpc) is 3.01. The highest BCUT2D eigenvalue weighted by Gasteiger charge is 2.32. The zero-order chi connectivity index (χ0) is 19.1. The van der Waals surface area contributed by atoms with Crippen LogP contribution in [0.25, 0.3) is 10.2 Å². The number of thioether (sulfide) groups is 1. The van der Waals surface area contributed by atoms with Gasteiger partial charge in [0.2, 0.25) is 0 Å². The molecule has 138 valence electrons. The van der Waals surface area contributed by atoms with Crippen molar-refractivity contribution in [2.24, 2.45) is 0 Å². The van der Waals surface area contributed by atoms with Crippen molar-refractivity contribution in [3.8, 4) is 0 Å². The fourth-order valence-corrected chi connectivity index (χ4v) is 5.54. The molecule has 0 saturated carbocycles. The zero-order valence-corrected chi connectivity index (χ0v) is 16.1. The lowest BCUT2D eigenvalue weighted by Crippen LogP contribution is -2.40. The number of carboxylic acid groups (broad SMARTS) is 1. The summed E-state index contributed by atoms with van der Waals surface area (Å²) < 4.78 is 27.8. The number of halogens is 2. The Balaban J connectivity index is 1.72. The van der Waals surface area contributed by atoms with Gasteiger partial charge in [0.25, 0.3) is 0 Å². The summed E-state index contributed by atoms with van der Waals surface area (Å²) in [7, 11) is 0. The smallest absolute Gasteiger partial charge is 0.304 e. The summed E-state index contributed by atoms with van der Waals surface area (Å²) >= 11 is 8.18. The number of para-hydroxylation sites is 1. The van der Waals surface area contributed by atoms with Gasteiger partial charge in [-0.05, 0) is 18.2 Å². The van der Waals surface area contributed by atoms with Crippen molar-refractivity contribution >= 4 is 62.2 Å². The number of hydrogen-bond acceptors (Lipinski definition) is 5. The molecule has 4 nitrogen and oxygen atoms in total. The van der Waals surface area contributed by atoms with Gasteiger partial charge in [0, 0.05) is 11.0 Å². The molecule has 0 amide bonds. The van der Waals surface area contributed by atoms with Crippen molar-refractivity contribution in [2.45, 2.75) is 23.1 Å². The lowest BCUT2D eigenvalue weighted by atomic mass is 10.2. The minimum Gasteiger partial charge on any atom is -0.481 e. The maximum Gasteiger partial charge on any atom is 0.304 e. The van der Waals surface area contributed by atoms with Crippen LogP contribution in [0.1, 0.15) is 11.4 Å². The number of anilines is 1. The molecule has 1 aromatic heterocycles. The highest BCUT2D eigenvalue weighted by molar-refractivity contribution is 8.02. The molecule has 0 saturated heterocycles. The Morgan fingerprint density at radius 2 is 2.07 bits per heavy atom. The third kappa shape index (κ3) is 3.54. The van der Waals surface area contributed by atoms with Gasteiger partial charge < -0.3 is 10.0 Å². The summed E-state index contributed by atoms with van der Waals surface area (Å²) in [5, 5.41) is 9.38. The van der Waals surface area contributed by atoms with Crippen LogP contribution in [0.4, 0.5) is 14.5 Å². The second-order valence-corrected chi connectivity index (χ2v) is 8.72. The van der Waals surface area contributed by atoms with Crippen LogP contribution >= 0.6 is 35.3 Å². The molecule has 0 fully saturated rings. The fourth-order valence-electron chi connectivity index (χ4n) is 2.93. The number of carbonyl (C=O) groups is 1. The van der Waals surface area contributed by atoms with Crippen LogP contribution in [0, 0.1) is 11.6 Å². The van der Waals surface area contributed by atoms with E-state index in [0.29, 0.717) is 14.7 Å². The Labute approximate surface area is 166 Å². The predicted octanol–water partition coefficient (Wildman–Crippen LogP) is 4.86. The average molecular weight is 423 g/mol. The number of fused-ring (bicyclic) bond motifs is 2. The van der Waals surface area contributed by atoms with E-state index in [1.54, 1.807) is 0 Å². The van der Waals surface area contributed by atoms with E-state index in [4.69, 9.17) is 12.2 Å². The predicted molar refractivity (Wildman–Crippen MR) is 107 cm³/mol. The summed E-state index contributed by atoms with van der Waals surface area (Å²) in [6.45, 7) is 0.271. The van der Waals surface area contributed by atoms with Gasteiger partial charge in [-0.15, -0.1) is 23.1 Å². The molecule has 1 aliphatic heterocycles. The molecule has 3 aromatic rings. The molecule has 1 atom stereocenters. The third-order valence-corrected chi connectivity index (χ3v) is 6.99. The molecular formula is C18H12F2N2O2S3. The van der Waals surface area contributed by atoms with Crippen LogP contribution in [-0.2, 0) is 11.3 Å². The lowest BCUT2D eigenvalue weighted by molar-refractivity contribution is -0.136. The molecule has 1 aliphatic rings. The Kier molecular flexibility index (Phi) is 4.83. The first-order valence-electron chi connectivity index (χ1n) is 7.95. The summed E-state index contributed by atoms with van der Waals surface area (Å²) in [5.74, 6) is -2.27. The molecule has 0 radical (unpaired) electrons. The van der Waals surface area contributed by atoms with Crippen molar-refractivity contribution in [3.63, 3.8) is 0 Å². The van der Waals surface area contributed by atoms with Crippen molar-refractivity contribution in [1.29, 1.82) is 0 Å². The highest BCUT2D eigenvalue weighted by atomic mass is 32.2. The Morgan fingerprint density at radius 1 is 1.30 bits per heavy atom. The number of thiazole rings is 1. The molecular weight excluding hydrogens is 410 g/mol. The van der Waals surface area contributed by atoms with Crippen molar-refractivity contribution < 1.29 is 18.7 Å². The normalized spacial score (nSPS) is 16.6. The maximum atomic E-state index is 14.0. The Morgan fingerprint density at radius 3 is 2.85 bits per heavy atom. The van der Waals surface area contributed by atoms with Gasteiger partial charge in [-0.1, -0.05) is 24.4 Å². The number of carboxylic acids is 1. The largest absolute Gasteiger partial charge is 0.481 e. The van der Waals surface area contributed by atoms with Crippen LogP contribution in [0.2, 0.25) is 0 Å². The molecule has 0 aliphatic carbocycles. The maximum absolute atomic E-state index is 14.0. The van der Waals surface area contributed by atoms with Gasteiger partial charge in [0.1, 0.15) is 16.3 Å². The second kappa shape index (κ2) is 7.14. The van der Waals surface area contributed by atoms with E-state index in [1.807, 2.05) is 29.2 Å². The standard InChI is InChI=1S/C18H12F2N2O2S3/c19-9-5-10(20)17-13(6-9)27-15(21-17)8-22-11-3-1-2-4-12(11)26-14(18(22)25)7-16(23)24/h1-6,14H,7-8H2,(H,23,24). The van der Waals surface area contributed by atoms with Gasteiger partial charge in [-0.25, -0.2) is 13.8 Å². The Bertz CT molecular complexity index is 1070. The molecule has 0 bridgehead atoms. The summed E-state index contributed by atoms with van der Waals surface area (Å²) in [5.41, 5.74) is 0.990. The van der Waals surface area contributed by atoms with Gasteiger partial charge in [-0.3, -0.25) is 4.79 Å². The minimum absolute atomic E-state index is 0.0893. The molecule has 0 spiro atoms. The van der Waals surface area contributed by atoms with E-state index in [-0.39, 0.29) is 23.7 Å². The van der Waals surface area contributed by atoms with Crippen LogP contribution in [0.15, 0.2) is 41.3 Å². The quantitative estimate of drug-likeness (QED) is 0.606. The highest BCUT2D eigenvalue weighted by Crippen LogP contribution is 2.42. The first kappa shape index (κ1) is 18.3. The SMILES string of the molecule is O=C(O)CC1Sc2ccccc2N(Cc2nc3c(F)cc(F)cc3s2)C1=S. The molecule has 4 rings (SSSR count). The van der Waals surface area contributed by atoms with Crippen molar-refractivity contribution in [1.82, 2.24) is 4.98 Å². The van der Waals surface area contributed by atoms with Crippen molar-refractivity contribution in [2.75, 3.05) is 4.90 Å². The first-order chi connectivity index (χ1) is 12.9. The number of aromatic nitrogens is 1. The second-order valence-electron chi connectivity index (χ2n) is 5.94. The van der Waals surface area contributed by atoms with Crippen LogP contribution in [0.3, 0.4) is 0 Å². The van der Waals surface area contributed by atoms with E-state index in [0.717, 1.165) is 16.6 Å². The van der Waals surface area contributed by atoms with Gasteiger partial charge in [0.15, 0.2) is 5.82 Å². The fraction of sp³-hybridized carbons (Fsp3) is 0.167. The van der Waals surface area contributed by atoms with E-state index in [1.165, 1.54) is 29.2 Å². The molecule has 9 heteroatoms. The number of aliphatic carboxylic acids is 1. The van der Waals surface area contributed by atoms with E-state index in [9.17, 15) is 18.7 Å². The zero-order valence-electron chi connectivity index (χ0n) is 13.7. The van der Waals surface area contributed by atoms with Gasteiger partial charge in [-0.2, -0.15) is 0 Å². The van der Waals surface area contributed by atoms with Gasteiger partial charge in [0.05, 0.1) is 33.6 Å². The van der Waals surface area contributed by atoms with Gasteiger partial charge >= 0.3 is 5.97 Å². The number of rotatable bonds is 4. The van der Waals surface area contributed by atoms with E-state index < -0.39 is 17.6 Å². The molecule has 2 aromatic carbocycles. The summed E-state index contributed by atoms with van der Waals surface area (Å²) in [6.07, 6.45) is -0.0893. The number of hydrogen-bond donors (Lipinski definition) is 1. The number of benzene rings is 2. The molecule has 2 heterocycles. The molecule has 27 heavy (non-hydrogen) atoms. The van der Waals surface area contributed by atoms with Crippen LogP contribution in [-0.4, -0.2) is 26.3 Å². The number of nitrogens with zero attached hydrogens (tertiary/aromatic N) is 2. The van der Waals surface area contributed by atoms with Crippen LogP contribution in [0.5, 0.6) is 0 Å². The van der Waals surface area contributed by atoms with Crippen LogP contribution < -0.4 is 4.90 Å². The third-order valence-electron chi connectivity index (χ3n) is 4.08. The minimum atomic E-state index is -0.924. The first-order valence-corrected chi connectivity index (χ1v) is 10.1. The topological polar surface area (TPSA) is 53.4 Å². The van der Waals surface area contributed by atoms with Crippen molar-refractivity contribution in [3.05, 3.63) is 53.0 Å². The molecule has 1 unspecified atom stereocenters. The summed E-state index contributed by atoms with van der Waals surface area (Å²) in [6, 6.07) is 9.64. The lowest BCUT2D eigenvalue weighted by Gasteiger charge is -2.35.